The summed E-state index contributed by atoms with van der Waals surface area (Å²) in [6, 6.07) is 1.43. The van der Waals surface area contributed by atoms with Crippen LogP contribution in [0.1, 0.15) is 31.2 Å². The number of anilines is 1. The number of carbonyl (C=O) groups is 1. The highest BCUT2D eigenvalue weighted by molar-refractivity contribution is 5.76. The van der Waals surface area contributed by atoms with E-state index in [2.05, 4.69) is 10.3 Å². The number of rotatable bonds is 5. The molecule has 1 heterocycles. The standard InChI is InChI=1S/C13H17N3O4/c1-9-6-10(16(19)20)11(14-7-9)15-8-13(12(17)18)4-2-3-5-13/h6-7H,2-5,8H2,1H3,(H,14,15)(H,17,18). The van der Waals surface area contributed by atoms with Crippen LogP contribution in [0, 0.1) is 22.5 Å². The zero-order valence-electron chi connectivity index (χ0n) is 11.3. The second kappa shape index (κ2) is 5.44. The first kappa shape index (κ1) is 14.2. The molecule has 20 heavy (non-hydrogen) atoms. The maximum atomic E-state index is 11.4. The highest BCUT2D eigenvalue weighted by Gasteiger charge is 2.41. The smallest absolute Gasteiger partial charge is 0.311 e. The third-order valence-corrected chi connectivity index (χ3v) is 3.81. The third kappa shape index (κ3) is 2.71. The molecule has 1 aliphatic rings. The number of nitrogens with one attached hydrogen (secondary N) is 1. The minimum atomic E-state index is -0.850. The summed E-state index contributed by atoms with van der Waals surface area (Å²) in [5, 5.41) is 23.2. The van der Waals surface area contributed by atoms with Gasteiger partial charge in [-0.3, -0.25) is 14.9 Å². The Kier molecular flexibility index (Phi) is 3.87. The molecule has 0 spiro atoms. The summed E-state index contributed by atoms with van der Waals surface area (Å²) in [5.74, 6) is -0.717. The van der Waals surface area contributed by atoms with Gasteiger partial charge in [-0.05, 0) is 25.3 Å². The number of aliphatic carboxylic acids is 1. The van der Waals surface area contributed by atoms with Gasteiger partial charge < -0.3 is 10.4 Å². The predicted molar refractivity (Wildman–Crippen MR) is 72.7 cm³/mol. The van der Waals surface area contributed by atoms with Gasteiger partial charge in [-0.2, -0.15) is 0 Å². The number of pyridine rings is 1. The fourth-order valence-corrected chi connectivity index (χ4v) is 2.60. The van der Waals surface area contributed by atoms with Gasteiger partial charge in [-0.1, -0.05) is 12.8 Å². The van der Waals surface area contributed by atoms with Crippen molar-refractivity contribution in [1.29, 1.82) is 0 Å². The molecule has 1 aliphatic carbocycles. The van der Waals surface area contributed by atoms with Gasteiger partial charge in [0.1, 0.15) is 0 Å². The largest absolute Gasteiger partial charge is 0.481 e. The van der Waals surface area contributed by atoms with E-state index in [-0.39, 0.29) is 18.1 Å². The first-order valence-corrected chi connectivity index (χ1v) is 6.53. The SMILES string of the molecule is Cc1cnc(NCC2(C(=O)O)CCCC2)c([N+](=O)[O-])c1. The van der Waals surface area contributed by atoms with E-state index in [1.54, 1.807) is 6.92 Å². The Morgan fingerprint density at radius 1 is 1.55 bits per heavy atom. The van der Waals surface area contributed by atoms with E-state index in [9.17, 15) is 20.0 Å². The molecule has 0 radical (unpaired) electrons. The van der Waals surface area contributed by atoms with Gasteiger partial charge in [0.25, 0.3) is 0 Å². The monoisotopic (exact) mass is 279 g/mol. The Labute approximate surface area is 116 Å². The lowest BCUT2D eigenvalue weighted by Gasteiger charge is -2.24. The molecule has 0 amide bonds. The Morgan fingerprint density at radius 3 is 2.75 bits per heavy atom. The van der Waals surface area contributed by atoms with Crippen LogP contribution in [0.25, 0.3) is 0 Å². The van der Waals surface area contributed by atoms with Crippen LogP contribution in [0.3, 0.4) is 0 Å². The third-order valence-electron chi connectivity index (χ3n) is 3.81. The van der Waals surface area contributed by atoms with Crippen molar-refractivity contribution in [2.75, 3.05) is 11.9 Å². The molecule has 0 unspecified atom stereocenters. The molecule has 7 heteroatoms. The molecule has 0 saturated heterocycles. The maximum Gasteiger partial charge on any atom is 0.311 e. The summed E-state index contributed by atoms with van der Waals surface area (Å²) < 4.78 is 0. The van der Waals surface area contributed by atoms with Gasteiger partial charge >= 0.3 is 11.7 Å². The Balaban J connectivity index is 2.18. The van der Waals surface area contributed by atoms with Gasteiger partial charge in [0.05, 0.1) is 10.3 Å². The zero-order chi connectivity index (χ0) is 14.8. The van der Waals surface area contributed by atoms with Gasteiger partial charge in [0.2, 0.25) is 5.82 Å². The Hall–Kier alpha value is -2.18. The molecule has 1 aromatic heterocycles. The van der Waals surface area contributed by atoms with Gasteiger partial charge in [0.15, 0.2) is 0 Å². The van der Waals surface area contributed by atoms with Crippen molar-refractivity contribution in [3.05, 3.63) is 27.9 Å². The second-order valence-corrected chi connectivity index (χ2v) is 5.28. The minimum Gasteiger partial charge on any atom is -0.481 e. The van der Waals surface area contributed by atoms with E-state index < -0.39 is 16.3 Å². The second-order valence-electron chi connectivity index (χ2n) is 5.28. The molecular formula is C13H17N3O4. The van der Waals surface area contributed by atoms with E-state index in [0.29, 0.717) is 18.4 Å². The molecule has 1 aromatic rings. The molecule has 0 bridgehead atoms. The lowest BCUT2D eigenvalue weighted by atomic mass is 9.86. The van der Waals surface area contributed by atoms with Gasteiger partial charge in [-0.15, -0.1) is 0 Å². The normalized spacial score (nSPS) is 16.9. The molecule has 1 saturated carbocycles. The van der Waals surface area contributed by atoms with Crippen LogP contribution in [-0.4, -0.2) is 27.5 Å². The average Bonchev–Trinajstić information content (AvgIpc) is 2.87. The molecule has 0 aromatic carbocycles. The average molecular weight is 279 g/mol. The molecular weight excluding hydrogens is 262 g/mol. The minimum absolute atomic E-state index is 0.122. The first-order valence-electron chi connectivity index (χ1n) is 6.53. The van der Waals surface area contributed by atoms with E-state index in [0.717, 1.165) is 12.8 Å². The fraction of sp³-hybridized carbons (Fsp3) is 0.538. The lowest BCUT2D eigenvalue weighted by Crippen LogP contribution is -2.35. The molecule has 108 valence electrons. The van der Waals surface area contributed by atoms with Crippen molar-refractivity contribution in [2.45, 2.75) is 32.6 Å². The number of nitro groups is 1. The van der Waals surface area contributed by atoms with Crippen molar-refractivity contribution in [2.24, 2.45) is 5.41 Å². The molecule has 0 atom stereocenters. The Morgan fingerprint density at radius 2 is 2.20 bits per heavy atom. The molecule has 2 N–H and O–H groups in total. The van der Waals surface area contributed by atoms with Crippen molar-refractivity contribution in [3.8, 4) is 0 Å². The van der Waals surface area contributed by atoms with Crippen molar-refractivity contribution in [1.82, 2.24) is 4.98 Å². The van der Waals surface area contributed by atoms with Crippen LogP contribution in [-0.2, 0) is 4.79 Å². The van der Waals surface area contributed by atoms with Crippen LogP contribution in [0.15, 0.2) is 12.3 Å². The number of nitrogens with zero attached hydrogens (tertiary/aromatic N) is 2. The summed E-state index contributed by atoms with van der Waals surface area (Å²) in [7, 11) is 0. The summed E-state index contributed by atoms with van der Waals surface area (Å²) in [6.07, 6.45) is 4.45. The van der Waals surface area contributed by atoms with E-state index in [1.807, 2.05) is 0 Å². The van der Waals surface area contributed by atoms with E-state index in [1.165, 1.54) is 12.3 Å². The van der Waals surface area contributed by atoms with Crippen molar-refractivity contribution in [3.63, 3.8) is 0 Å². The van der Waals surface area contributed by atoms with Crippen LogP contribution in [0.4, 0.5) is 11.5 Å². The summed E-state index contributed by atoms with van der Waals surface area (Å²) >= 11 is 0. The Bertz CT molecular complexity index is 538. The van der Waals surface area contributed by atoms with Crippen molar-refractivity contribution >= 4 is 17.5 Å². The molecule has 2 rings (SSSR count). The predicted octanol–water partition coefficient (Wildman–Crippen LogP) is 2.36. The molecule has 7 nitrogen and oxygen atoms in total. The van der Waals surface area contributed by atoms with Crippen LogP contribution < -0.4 is 5.32 Å². The van der Waals surface area contributed by atoms with Crippen LogP contribution in [0.5, 0.6) is 0 Å². The number of hydrogen-bond acceptors (Lipinski definition) is 5. The quantitative estimate of drug-likeness (QED) is 0.633. The van der Waals surface area contributed by atoms with Gasteiger partial charge in [0, 0.05) is 18.8 Å². The number of aryl methyl sites for hydroxylation is 1. The van der Waals surface area contributed by atoms with Crippen molar-refractivity contribution < 1.29 is 14.8 Å². The molecule has 0 aliphatic heterocycles. The number of hydrogen-bond donors (Lipinski definition) is 2. The molecule has 1 fully saturated rings. The van der Waals surface area contributed by atoms with Crippen LogP contribution in [0.2, 0.25) is 0 Å². The summed E-state index contributed by atoms with van der Waals surface area (Å²) in [6.45, 7) is 1.89. The number of carboxylic acids is 1. The lowest BCUT2D eigenvalue weighted by molar-refractivity contribution is -0.384. The van der Waals surface area contributed by atoms with Crippen LogP contribution >= 0.6 is 0 Å². The summed E-state index contributed by atoms with van der Waals surface area (Å²) in [5.41, 5.74) is -0.264. The highest BCUT2D eigenvalue weighted by atomic mass is 16.6. The topological polar surface area (TPSA) is 105 Å². The first-order chi connectivity index (χ1) is 9.44. The van der Waals surface area contributed by atoms with E-state index >= 15 is 0 Å². The van der Waals surface area contributed by atoms with E-state index in [4.69, 9.17) is 0 Å². The number of aromatic nitrogens is 1. The van der Waals surface area contributed by atoms with Gasteiger partial charge in [-0.25, -0.2) is 4.98 Å². The fourth-order valence-electron chi connectivity index (χ4n) is 2.60. The highest BCUT2D eigenvalue weighted by Crippen LogP contribution is 2.39. The zero-order valence-corrected chi connectivity index (χ0v) is 11.3. The number of carboxylic acid groups (broad SMARTS) is 1. The summed E-state index contributed by atoms with van der Waals surface area (Å²) in [4.78, 5) is 25.9. The maximum absolute atomic E-state index is 11.4.